The zero-order valence-corrected chi connectivity index (χ0v) is 16.6. The summed E-state index contributed by atoms with van der Waals surface area (Å²) in [5.41, 5.74) is 1.45. The van der Waals surface area contributed by atoms with Crippen molar-refractivity contribution >= 4 is 29.3 Å². The normalized spacial score (nSPS) is 18.1. The Balaban J connectivity index is 1.33. The van der Waals surface area contributed by atoms with Gasteiger partial charge in [0.2, 0.25) is 11.8 Å². The lowest BCUT2D eigenvalue weighted by Crippen LogP contribution is -2.54. The van der Waals surface area contributed by atoms with Crippen LogP contribution in [0.2, 0.25) is 0 Å². The predicted molar refractivity (Wildman–Crippen MR) is 106 cm³/mol. The first-order chi connectivity index (χ1) is 15.5. The Morgan fingerprint density at radius 3 is 2.81 bits per heavy atom. The van der Waals surface area contributed by atoms with Crippen LogP contribution in [-0.4, -0.2) is 54.7 Å². The van der Waals surface area contributed by atoms with E-state index in [1.165, 1.54) is 0 Å². The molecule has 12 heteroatoms. The van der Waals surface area contributed by atoms with Crippen LogP contribution in [0.1, 0.15) is 45.0 Å². The lowest BCUT2D eigenvalue weighted by atomic mass is 10.0. The number of amides is 4. The minimum Gasteiger partial charge on any atom is -0.379 e. The fourth-order valence-corrected chi connectivity index (χ4v) is 3.83. The SMILES string of the molecule is O=C1CCC(N2C(=O)c3cccc(NCc4cn(Cc5ccno5)nn4)c3C2=O)C(=O)N1. The summed E-state index contributed by atoms with van der Waals surface area (Å²) in [6, 6.07) is 5.59. The molecule has 1 saturated heterocycles. The zero-order chi connectivity index (χ0) is 22.2. The third-order valence-electron chi connectivity index (χ3n) is 5.32. The molecule has 4 amide bonds. The van der Waals surface area contributed by atoms with Gasteiger partial charge in [0.1, 0.15) is 18.3 Å². The van der Waals surface area contributed by atoms with Gasteiger partial charge in [-0.15, -0.1) is 5.10 Å². The monoisotopic (exact) mass is 435 g/mol. The Morgan fingerprint density at radius 1 is 1.16 bits per heavy atom. The van der Waals surface area contributed by atoms with E-state index in [1.54, 1.807) is 41.3 Å². The van der Waals surface area contributed by atoms with Crippen molar-refractivity contribution in [3.05, 3.63) is 59.2 Å². The van der Waals surface area contributed by atoms with E-state index in [9.17, 15) is 19.2 Å². The van der Waals surface area contributed by atoms with Crippen molar-refractivity contribution in [2.24, 2.45) is 0 Å². The number of rotatable bonds is 6. The molecule has 1 aromatic carbocycles. The fourth-order valence-electron chi connectivity index (χ4n) is 3.83. The van der Waals surface area contributed by atoms with Crippen molar-refractivity contribution in [2.45, 2.75) is 32.0 Å². The van der Waals surface area contributed by atoms with Crippen molar-refractivity contribution in [1.29, 1.82) is 0 Å². The standard InChI is InChI=1S/C20H17N7O5/c28-16-5-4-15(18(29)23-16)27-19(30)13-2-1-3-14(17(13)20(27)31)21-8-11-9-26(25-24-11)10-12-6-7-22-32-12/h1-3,6-7,9,15,21H,4-5,8,10H2,(H,23,28,29). The van der Waals surface area contributed by atoms with Crippen LogP contribution in [0.15, 0.2) is 41.2 Å². The molecule has 2 N–H and O–H groups in total. The first-order valence-electron chi connectivity index (χ1n) is 9.88. The molecule has 4 heterocycles. The smallest absolute Gasteiger partial charge is 0.264 e. The maximum Gasteiger partial charge on any atom is 0.264 e. The summed E-state index contributed by atoms with van der Waals surface area (Å²) >= 11 is 0. The van der Waals surface area contributed by atoms with Crippen LogP contribution in [0.3, 0.4) is 0 Å². The van der Waals surface area contributed by atoms with Gasteiger partial charge in [0.15, 0.2) is 5.76 Å². The molecule has 0 bridgehead atoms. The van der Waals surface area contributed by atoms with Crippen molar-refractivity contribution in [2.75, 3.05) is 5.32 Å². The minimum atomic E-state index is -1.01. The molecule has 162 valence electrons. The number of anilines is 1. The van der Waals surface area contributed by atoms with Gasteiger partial charge in [0, 0.05) is 18.2 Å². The van der Waals surface area contributed by atoms with Crippen molar-refractivity contribution in [3.63, 3.8) is 0 Å². The van der Waals surface area contributed by atoms with E-state index in [-0.39, 0.29) is 30.5 Å². The number of hydrogen-bond donors (Lipinski definition) is 2. The number of benzene rings is 1. The number of aromatic nitrogens is 4. The number of fused-ring (bicyclic) bond motifs is 1. The van der Waals surface area contributed by atoms with E-state index in [1.807, 2.05) is 0 Å². The van der Waals surface area contributed by atoms with Crippen LogP contribution >= 0.6 is 0 Å². The van der Waals surface area contributed by atoms with Crippen molar-refractivity contribution in [1.82, 2.24) is 30.4 Å². The summed E-state index contributed by atoms with van der Waals surface area (Å²) in [6.45, 7) is 0.633. The van der Waals surface area contributed by atoms with Crippen LogP contribution < -0.4 is 10.6 Å². The van der Waals surface area contributed by atoms with E-state index in [4.69, 9.17) is 4.52 Å². The highest BCUT2D eigenvalue weighted by Gasteiger charge is 2.45. The van der Waals surface area contributed by atoms with E-state index in [2.05, 4.69) is 26.1 Å². The Morgan fingerprint density at radius 2 is 2.03 bits per heavy atom. The molecular weight excluding hydrogens is 418 g/mol. The molecule has 1 atom stereocenters. The Hall–Kier alpha value is -4.35. The lowest BCUT2D eigenvalue weighted by Gasteiger charge is -2.27. The maximum absolute atomic E-state index is 13.1. The first kappa shape index (κ1) is 19.6. The number of carbonyl (C=O) groups is 4. The largest absolute Gasteiger partial charge is 0.379 e. The highest BCUT2D eigenvalue weighted by atomic mass is 16.5. The van der Waals surface area contributed by atoms with Crippen LogP contribution in [0, 0.1) is 0 Å². The van der Waals surface area contributed by atoms with Crippen LogP contribution in [-0.2, 0) is 22.7 Å². The third-order valence-corrected chi connectivity index (χ3v) is 5.32. The number of nitrogens with one attached hydrogen (secondary N) is 2. The summed E-state index contributed by atoms with van der Waals surface area (Å²) in [5.74, 6) is -1.55. The van der Waals surface area contributed by atoms with Gasteiger partial charge in [-0.05, 0) is 18.6 Å². The van der Waals surface area contributed by atoms with E-state index < -0.39 is 29.7 Å². The number of hydrogen-bond acceptors (Lipinski definition) is 9. The van der Waals surface area contributed by atoms with E-state index in [0.29, 0.717) is 23.7 Å². The highest BCUT2D eigenvalue weighted by Crippen LogP contribution is 2.32. The van der Waals surface area contributed by atoms with Crippen LogP contribution in [0.25, 0.3) is 0 Å². The van der Waals surface area contributed by atoms with Gasteiger partial charge in [-0.2, -0.15) is 0 Å². The topological polar surface area (TPSA) is 152 Å². The summed E-state index contributed by atoms with van der Waals surface area (Å²) in [5, 5.41) is 17.1. The van der Waals surface area contributed by atoms with Gasteiger partial charge in [-0.1, -0.05) is 16.4 Å². The number of carbonyl (C=O) groups excluding carboxylic acids is 4. The zero-order valence-electron chi connectivity index (χ0n) is 16.6. The molecule has 0 spiro atoms. The summed E-state index contributed by atoms with van der Waals surface area (Å²) in [4.78, 5) is 50.6. The summed E-state index contributed by atoms with van der Waals surface area (Å²) in [7, 11) is 0. The highest BCUT2D eigenvalue weighted by molar-refractivity contribution is 6.25. The van der Waals surface area contributed by atoms with Crippen molar-refractivity contribution < 1.29 is 23.7 Å². The molecule has 12 nitrogen and oxygen atoms in total. The van der Waals surface area contributed by atoms with Gasteiger partial charge >= 0.3 is 0 Å². The molecule has 2 aliphatic heterocycles. The predicted octanol–water partition coefficient (Wildman–Crippen LogP) is 0.328. The number of imide groups is 2. The summed E-state index contributed by atoms with van der Waals surface area (Å²) < 4.78 is 6.64. The Labute approximate surface area is 180 Å². The molecule has 0 radical (unpaired) electrons. The fraction of sp³-hybridized carbons (Fsp3) is 0.250. The first-order valence-corrected chi connectivity index (χ1v) is 9.88. The molecule has 2 aromatic heterocycles. The third kappa shape index (κ3) is 3.41. The Kier molecular flexibility index (Phi) is 4.73. The van der Waals surface area contributed by atoms with Crippen molar-refractivity contribution in [3.8, 4) is 0 Å². The van der Waals surface area contributed by atoms with Gasteiger partial charge < -0.3 is 9.84 Å². The second-order valence-electron chi connectivity index (χ2n) is 7.42. The second-order valence-corrected chi connectivity index (χ2v) is 7.42. The molecule has 32 heavy (non-hydrogen) atoms. The average Bonchev–Trinajstić information content (AvgIpc) is 3.50. The number of nitrogens with zero attached hydrogens (tertiary/aromatic N) is 5. The van der Waals surface area contributed by atoms with Gasteiger partial charge in [0.25, 0.3) is 11.8 Å². The molecule has 0 aliphatic carbocycles. The molecule has 5 rings (SSSR count). The Bertz CT molecular complexity index is 1230. The van der Waals surface area contributed by atoms with Crippen LogP contribution in [0.4, 0.5) is 5.69 Å². The average molecular weight is 435 g/mol. The molecule has 0 saturated carbocycles. The summed E-state index contributed by atoms with van der Waals surface area (Å²) in [6.07, 6.45) is 3.44. The maximum atomic E-state index is 13.1. The second kappa shape index (κ2) is 7.72. The van der Waals surface area contributed by atoms with Crippen LogP contribution in [0.5, 0.6) is 0 Å². The van der Waals surface area contributed by atoms with Gasteiger partial charge in [-0.25, -0.2) is 4.68 Å². The number of piperidine rings is 1. The lowest BCUT2D eigenvalue weighted by molar-refractivity contribution is -0.136. The van der Waals surface area contributed by atoms with Gasteiger partial charge in [0.05, 0.1) is 30.1 Å². The molecule has 1 fully saturated rings. The van der Waals surface area contributed by atoms with E-state index in [0.717, 1.165) is 4.90 Å². The molecule has 1 unspecified atom stereocenters. The molecular formula is C20H17N7O5. The quantitative estimate of drug-likeness (QED) is 0.522. The minimum absolute atomic E-state index is 0.0681. The molecule has 2 aliphatic rings. The van der Waals surface area contributed by atoms with E-state index >= 15 is 0 Å². The molecule has 3 aromatic rings. The van der Waals surface area contributed by atoms with Gasteiger partial charge in [-0.3, -0.25) is 29.4 Å².